The fraction of sp³-hybridized carbons (Fsp3) is 0.358. The smallest absolute Gasteiger partial charge is 0.475 e. The molecule has 0 spiro atoms. The maximum Gasteiger partial charge on any atom is 0.490 e. The molecule has 0 aliphatic heterocycles. The van der Waals surface area contributed by atoms with Gasteiger partial charge in [0.05, 0.1) is 18.1 Å². The Balaban J connectivity index is 0.00000149. The summed E-state index contributed by atoms with van der Waals surface area (Å²) in [5, 5.41) is 25.6. The fourth-order valence-corrected chi connectivity index (χ4v) is 7.77. The summed E-state index contributed by atoms with van der Waals surface area (Å²) in [5.74, 6) is -6.16. The Morgan fingerprint density at radius 1 is 0.736 bits per heavy atom. The summed E-state index contributed by atoms with van der Waals surface area (Å²) in [4.78, 5) is 76.6. The number of alkyl halides is 3. The standard InChI is InChI=1S/C51H60F2N6O6.C2HF3O2/c1-51(2,3)49(44-29-38(40-30-39(52)20-21-41(40)53)33-58(44)32-37-17-11-6-12-18-37)59(48(64)34-60)28-26-42(54)50(65)55-27-25-47(63)57-43(45(61)23-19-35-13-7-4-8-14-35)22-24-46(62)56-31-36-15-9-5-10-16-36;3-2(4,5)1(6)7/h4-18,20-21,29-30,33,42-43,49,60H,19,22-28,31-32,34,54H2,1-3H3,(H,55,65)(H,56,62)(H,57,63);(H,6,7)/t42-,43+,49-;/m0./s1. The van der Waals surface area contributed by atoms with E-state index in [0.717, 1.165) is 34.9 Å². The van der Waals surface area contributed by atoms with Crippen molar-refractivity contribution in [1.82, 2.24) is 25.4 Å². The lowest BCUT2D eigenvalue weighted by molar-refractivity contribution is -0.192. The molecule has 0 saturated carbocycles. The van der Waals surface area contributed by atoms with E-state index in [4.69, 9.17) is 15.6 Å². The average Bonchev–Trinajstić information content (AvgIpc) is 3.75. The molecule has 386 valence electrons. The van der Waals surface area contributed by atoms with Gasteiger partial charge in [0, 0.05) is 68.5 Å². The number of hydrogen-bond acceptors (Lipinski definition) is 8. The van der Waals surface area contributed by atoms with Crippen LogP contribution in [-0.4, -0.2) is 93.0 Å². The fourth-order valence-electron chi connectivity index (χ4n) is 7.77. The predicted molar refractivity (Wildman–Crippen MR) is 259 cm³/mol. The SMILES string of the molecule is CC(C)(C)[C@H](c1cc(-c2cc(F)ccc2F)cn1Cc1ccccc1)N(CC[C@H](N)C(=O)NCCC(=O)N[C@H](CCC(=O)NCc1ccccc1)C(=O)CCc1ccccc1)C(=O)CO.O=C(O)C(F)(F)F. The number of hydrogen-bond donors (Lipinski definition) is 6. The van der Waals surface area contributed by atoms with Crippen molar-refractivity contribution in [2.24, 2.45) is 11.1 Å². The number of nitrogens with zero attached hydrogens (tertiary/aromatic N) is 2. The van der Waals surface area contributed by atoms with Crippen LogP contribution in [0.5, 0.6) is 0 Å². The maximum absolute atomic E-state index is 15.1. The lowest BCUT2D eigenvalue weighted by Crippen LogP contribution is -2.48. The monoisotopic (exact) mass is 1000 g/mol. The van der Waals surface area contributed by atoms with Crippen molar-refractivity contribution >= 4 is 35.4 Å². The van der Waals surface area contributed by atoms with Crippen molar-refractivity contribution in [2.45, 2.75) is 96.7 Å². The molecule has 4 amide bonds. The molecule has 1 heterocycles. The number of amides is 4. The van der Waals surface area contributed by atoms with Crippen molar-refractivity contribution in [3.63, 3.8) is 0 Å². The molecule has 7 N–H and O–H groups in total. The number of carboxylic acid groups (broad SMARTS) is 1. The molecular weight excluding hydrogens is 944 g/mol. The van der Waals surface area contributed by atoms with Crippen LogP contribution < -0.4 is 21.7 Å². The highest BCUT2D eigenvalue weighted by Crippen LogP contribution is 2.41. The second-order valence-corrected chi connectivity index (χ2v) is 18.0. The zero-order chi connectivity index (χ0) is 53.0. The van der Waals surface area contributed by atoms with Crippen LogP contribution in [0, 0.1) is 17.0 Å². The highest BCUT2D eigenvalue weighted by atomic mass is 19.4. The lowest BCUT2D eigenvalue weighted by atomic mass is 9.82. The number of aliphatic carboxylic acids is 1. The van der Waals surface area contributed by atoms with E-state index < -0.39 is 71.6 Å². The number of benzene rings is 4. The number of nitrogens with two attached hydrogens (primary N) is 1. The molecule has 0 aliphatic rings. The van der Waals surface area contributed by atoms with Gasteiger partial charge in [-0.25, -0.2) is 13.6 Å². The molecule has 3 atom stereocenters. The van der Waals surface area contributed by atoms with Crippen LogP contribution in [0.25, 0.3) is 11.1 Å². The number of aliphatic hydroxyl groups excluding tert-OH is 1. The van der Waals surface area contributed by atoms with E-state index in [1.165, 1.54) is 4.90 Å². The first-order valence-corrected chi connectivity index (χ1v) is 23.2. The maximum atomic E-state index is 15.1. The minimum Gasteiger partial charge on any atom is -0.475 e. The summed E-state index contributed by atoms with van der Waals surface area (Å²) in [5.41, 5.74) is 9.54. The Labute approximate surface area is 414 Å². The van der Waals surface area contributed by atoms with Crippen LogP contribution in [0.15, 0.2) is 121 Å². The number of rotatable bonds is 23. The lowest BCUT2D eigenvalue weighted by Gasteiger charge is -2.41. The first kappa shape index (κ1) is 57.3. The van der Waals surface area contributed by atoms with E-state index in [1.807, 2.05) is 116 Å². The number of aryl methyl sites for hydroxylation is 1. The van der Waals surface area contributed by atoms with Crippen LogP contribution in [0.2, 0.25) is 0 Å². The Morgan fingerprint density at radius 2 is 1.32 bits per heavy atom. The van der Waals surface area contributed by atoms with Gasteiger partial charge in [0.1, 0.15) is 18.2 Å². The molecule has 1 aromatic heterocycles. The van der Waals surface area contributed by atoms with E-state index in [1.54, 1.807) is 12.3 Å². The third kappa shape index (κ3) is 18.5. The van der Waals surface area contributed by atoms with Crippen LogP contribution in [0.1, 0.15) is 81.3 Å². The van der Waals surface area contributed by atoms with E-state index in [0.29, 0.717) is 30.8 Å². The number of carbonyl (C=O) groups is 6. The average molecular weight is 1010 g/mol. The molecule has 0 radical (unpaired) electrons. The second-order valence-electron chi connectivity index (χ2n) is 18.0. The number of aliphatic hydroxyl groups is 1. The van der Waals surface area contributed by atoms with E-state index >= 15 is 4.39 Å². The van der Waals surface area contributed by atoms with Gasteiger partial charge in [0.25, 0.3) is 0 Å². The third-order valence-corrected chi connectivity index (χ3v) is 11.4. The Hall–Kier alpha value is -7.25. The number of ketones is 1. The van der Waals surface area contributed by atoms with E-state index in [-0.39, 0.29) is 62.4 Å². The van der Waals surface area contributed by atoms with Gasteiger partial charge in [0.15, 0.2) is 5.78 Å². The molecule has 5 aromatic rings. The van der Waals surface area contributed by atoms with Crippen molar-refractivity contribution in [3.8, 4) is 11.1 Å². The van der Waals surface area contributed by atoms with Crippen molar-refractivity contribution in [2.75, 3.05) is 19.7 Å². The highest BCUT2D eigenvalue weighted by molar-refractivity contribution is 5.90. The van der Waals surface area contributed by atoms with Crippen LogP contribution in [0.4, 0.5) is 22.0 Å². The van der Waals surface area contributed by atoms with Gasteiger partial charge in [-0.3, -0.25) is 24.0 Å². The first-order valence-electron chi connectivity index (χ1n) is 23.2. The normalized spacial score (nSPS) is 12.6. The molecule has 0 aliphatic carbocycles. The minimum absolute atomic E-state index is 0.0118. The molecule has 0 bridgehead atoms. The van der Waals surface area contributed by atoms with Crippen molar-refractivity contribution in [1.29, 1.82) is 0 Å². The molecule has 19 heteroatoms. The van der Waals surface area contributed by atoms with Gasteiger partial charge in [-0.05, 0) is 65.6 Å². The summed E-state index contributed by atoms with van der Waals surface area (Å²) in [7, 11) is 0. The number of Topliss-reactive ketones (excluding diaryl/α,β-unsaturated/α-hetero) is 1. The third-order valence-electron chi connectivity index (χ3n) is 11.4. The molecule has 72 heavy (non-hydrogen) atoms. The summed E-state index contributed by atoms with van der Waals surface area (Å²) >= 11 is 0. The van der Waals surface area contributed by atoms with Gasteiger partial charge >= 0.3 is 12.1 Å². The van der Waals surface area contributed by atoms with Crippen LogP contribution in [0.3, 0.4) is 0 Å². The molecule has 4 aromatic carbocycles. The summed E-state index contributed by atoms with van der Waals surface area (Å²) in [6.07, 6.45) is -2.84. The van der Waals surface area contributed by atoms with Crippen LogP contribution >= 0.6 is 0 Å². The Morgan fingerprint density at radius 3 is 1.89 bits per heavy atom. The minimum atomic E-state index is -5.08. The Kier molecular flexibility index (Phi) is 21.8. The highest BCUT2D eigenvalue weighted by Gasteiger charge is 2.39. The zero-order valence-electron chi connectivity index (χ0n) is 40.3. The van der Waals surface area contributed by atoms with Gasteiger partial charge in [0.2, 0.25) is 23.6 Å². The number of carbonyl (C=O) groups excluding carboxylic acids is 5. The predicted octanol–water partition coefficient (Wildman–Crippen LogP) is 7.03. The quantitative estimate of drug-likeness (QED) is 0.0370. The Bertz CT molecular complexity index is 2570. The largest absolute Gasteiger partial charge is 0.490 e. The first-order chi connectivity index (χ1) is 34.1. The molecule has 0 unspecified atom stereocenters. The number of nitrogens with one attached hydrogen (secondary N) is 3. The molecular formula is C53H61F5N6O8. The van der Waals surface area contributed by atoms with Gasteiger partial charge in [-0.1, -0.05) is 112 Å². The van der Waals surface area contributed by atoms with E-state index in [2.05, 4.69) is 16.0 Å². The zero-order valence-corrected chi connectivity index (χ0v) is 40.3. The summed E-state index contributed by atoms with van der Waals surface area (Å²) in [6.45, 7) is 5.43. The second kappa shape index (κ2) is 27.4. The van der Waals surface area contributed by atoms with Gasteiger partial charge in [-0.2, -0.15) is 13.2 Å². The summed E-state index contributed by atoms with van der Waals surface area (Å²) in [6, 6.07) is 30.6. The molecule has 0 saturated heterocycles. The van der Waals surface area contributed by atoms with Gasteiger partial charge in [-0.15, -0.1) is 0 Å². The topological polar surface area (TPSA) is 213 Å². The number of halogens is 5. The molecule has 0 fully saturated rings. The summed E-state index contributed by atoms with van der Waals surface area (Å²) < 4.78 is 63.2. The van der Waals surface area contributed by atoms with E-state index in [9.17, 15) is 46.6 Å². The van der Waals surface area contributed by atoms with Crippen molar-refractivity contribution in [3.05, 3.63) is 155 Å². The number of aromatic nitrogens is 1. The van der Waals surface area contributed by atoms with Crippen LogP contribution in [-0.2, 0) is 48.3 Å². The van der Waals surface area contributed by atoms with Crippen molar-refractivity contribution < 1.29 is 60.9 Å². The van der Waals surface area contributed by atoms with Gasteiger partial charge < -0.3 is 41.4 Å². The molecule has 14 nitrogen and oxygen atoms in total. The number of carboxylic acids is 1. The molecule has 5 rings (SSSR count).